The van der Waals surface area contributed by atoms with Gasteiger partial charge in [-0.25, -0.2) is 9.69 Å². The molecule has 0 radical (unpaired) electrons. The van der Waals surface area contributed by atoms with Gasteiger partial charge in [0, 0.05) is 20.3 Å². The first-order chi connectivity index (χ1) is 12.9. The lowest BCUT2D eigenvalue weighted by Crippen LogP contribution is -2.53. The molecule has 2 heterocycles. The highest BCUT2D eigenvalue weighted by molar-refractivity contribution is 5.90. The number of esters is 2. The SMILES string of the molecule is COc1ccc(N2C(=O)O[C@H]3C[C@@H](OC(C)=O)[C@@H](COC(C)=O)O[C@H]32)cc1. The molecule has 2 saturated heterocycles. The highest BCUT2D eigenvalue weighted by atomic mass is 16.7. The summed E-state index contributed by atoms with van der Waals surface area (Å²) < 4.78 is 26.8. The molecule has 0 bridgehead atoms. The van der Waals surface area contributed by atoms with Crippen molar-refractivity contribution in [3.05, 3.63) is 24.3 Å². The van der Waals surface area contributed by atoms with Gasteiger partial charge < -0.3 is 23.7 Å². The van der Waals surface area contributed by atoms with Crippen LogP contribution < -0.4 is 9.64 Å². The number of benzene rings is 1. The Bertz CT molecular complexity index is 719. The number of carbonyl (C=O) groups is 3. The minimum atomic E-state index is -0.724. The van der Waals surface area contributed by atoms with Gasteiger partial charge in [-0.2, -0.15) is 0 Å². The van der Waals surface area contributed by atoms with Crippen molar-refractivity contribution in [3.63, 3.8) is 0 Å². The van der Waals surface area contributed by atoms with E-state index >= 15 is 0 Å². The van der Waals surface area contributed by atoms with Gasteiger partial charge in [-0.3, -0.25) is 9.59 Å². The van der Waals surface area contributed by atoms with Crippen molar-refractivity contribution >= 4 is 23.7 Å². The standard InChI is InChI=1S/C18H21NO8/c1-10(20)24-9-16-14(25-11(2)21)8-15-17(26-16)19(18(22)27-15)12-4-6-13(23-3)7-5-12/h4-7,14-17H,8-9H2,1-3H3/t14-,15+,16-,17-/m1/s1. The van der Waals surface area contributed by atoms with Crippen LogP contribution in [0.3, 0.4) is 0 Å². The molecule has 3 rings (SSSR count). The Balaban J connectivity index is 1.81. The number of rotatable bonds is 5. The van der Waals surface area contributed by atoms with Crippen LogP contribution in [-0.2, 0) is 28.5 Å². The third kappa shape index (κ3) is 4.13. The maximum atomic E-state index is 12.4. The maximum absolute atomic E-state index is 12.4. The molecule has 1 aromatic carbocycles. The summed E-state index contributed by atoms with van der Waals surface area (Å²) in [6.45, 7) is 2.46. The van der Waals surface area contributed by atoms with Gasteiger partial charge in [0.05, 0.1) is 12.8 Å². The highest BCUT2D eigenvalue weighted by Gasteiger charge is 2.51. The Morgan fingerprint density at radius 1 is 1.19 bits per heavy atom. The van der Waals surface area contributed by atoms with Gasteiger partial charge in [-0.15, -0.1) is 0 Å². The first kappa shape index (κ1) is 19.0. The van der Waals surface area contributed by atoms with E-state index in [-0.39, 0.29) is 13.0 Å². The molecule has 1 amide bonds. The molecular weight excluding hydrogens is 358 g/mol. The van der Waals surface area contributed by atoms with Crippen molar-refractivity contribution in [1.82, 2.24) is 0 Å². The molecular formula is C18H21NO8. The summed E-state index contributed by atoms with van der Waals surface area (Å²) >= 11 is 0. The summed E-state index contributed by atoms with van der Waals surface area (Å²) in [7, 11) is 1.55. The largest absolute Gasteiger partial charge is 0.497 e. The number of anilines is 1. The number of ether oxygens (including phenoxy) is 5. The average molecular weight is 379 g/mol. The summed E-state index contributed by atoms with van der Waals surface area (Å²) in [6.07, 6.45) is -3.06. The first-order valence-electron chi connectivity index (χ1n) is 8.49. The molecule has 0 N–H and O–H groups in total. The summed E-state index contributed by atoms with van der Waals surface area (Å²) in [5.74, 6) is -0.325. The lowest BCUT2D eigenvalue weighted by molar-refractivity contribution is -0.191. The Hall–Kier alpha value is -2.81. The molecule has 0 unspecified atom stereocenters. The van der Waals surface area contributed by atoms with Gasteiger partial charge in [-0.05, 0) is 24.3 Å². The van der Waals surface area contributed by atoms with Crippen molar-refractivity contribution in [2.24, 2.45) is 0 Å². The van der Waals surface area contributed by atoms with Crippen molar-refractivity contribution in [3.8, 4) is 5.75 Å². The van der Waals surface area contributed by atoms with Crippen LogP contribution in [0, 0.1) is 0 Å². The van der Waals surface area contributed by atoms with Crippen LogP contribution in [0.1, 0.15) is 20.3 Å². The third-order valence-corrected chi connectivity index (χ3v) is 4.33. The summed E-state index contributed by atoms with van der Waals surface area (Å²) in [5.41, 5.74) is 0.575. The molecule has 2 fully saturated rings. The van der Waals surface area contributed by atoms with Gasteiger partial charge >= 0.3 is 18.0 Å². The zero-order valence-electron chi connectivity index (χ0n) is 15.2. The quantitative estimate of drug-likeness (QED) is 0.562. The molecule has 0 aromatic heterocycles. The van der Waals surface area contributed by atoms with Gasteiger partial charge in [0.1, 0.15) is 24.6 Å². The fourth-order valence-electron chi connectivity index (χ4n) is 3.15. The Kier molecular flexibility index (Phi) is 5.50. The number of hydrogen-bond acceptors (Lipinski definition) is 8. The van der Waals surface area contributed by atoms with Crippen molar-refractivity contribution in [2.45, 2.75) is 44.8 Å². The van der Waals surface area contributed by atoms with E-state index in [4.69, 9.17) is 23.7 Å². The van der Waals surface area contributed by atoms with Crippen molar-refractivity contribution < 1.29 is 38.1 Å². The average Bonchev–Trinajstić information content (AvgIpc) is 2.94. The number of methoxy groups -OCH3 is 1. The second-order valence-electron chi connectivity index (χ2n) is 6.24. The number of carbonyl (C=O) groups excluding carboxylic acids is 3. The van der Waals surface area contributed by atoms with Crippen LogP contribution in [0.5, 0.6) is 5.75 Å². The maximum Gasteiger partial charge on any atom is 0.417 e. The minimum Gasteiger partial charge on any atom is -0.497 e. The Morgan fingerprint density at radius 3 is 2.48 bits per heavy atom. The minimum absolute atomic E-state index is 0.0961. The zero-order valence-corrected chi connectivity index (χ0v) is 15.2. The smallest absolute Gasteiger partial charge is 0.417 e. The molecule has 9 heteroatoms. The second kappa shape index (κ2) is 7.83. The van der Waals surface area contributed by atoms with Crippen LogP contribution in [0.15, 0.2) is 24.3 Å². The van der Waals surface area contributed by atoms with E-state index in [1.165, 1.54) is 18.7 Å². The molecule has 0 aliphatic carbocycles. The highest BCUT2D eigenvalue weighted by Crippen LogP contribution is 2.36. The van der Waals surface area contributed by atoms with Crippen LogP contribution in [0.2, 0.25) is 0 Å². The third-order valence-electron chi connectivity index (χ3n) is 4.33. The van der Waals surface area contributed by atoms with Gasteiger partial charge in [0.25, 0.3) is 0 Å². The molecule has 9 nitrogen and oxygen atoms in total. The molecule has 0 saturated carbocycles. The molecule has 2 aliphatic rings. The van der Waals surface area contributed by atoms with E-state index in [0.717, 1.165) is 0 Å². The molecule has 4 atom stereocenters. The molecule has 0 spiro atoms. The zero-order chi connectivity index (χ0) is 19.6. The lowest BCUT2D eigenvalue weighted by atomic mass is 10.0. The Labute approximate surface area is 156 Å². The van der Waals surface area contributed by atoms with Gasteiger partial charge in [0.15, 0.2) is 12.3 Å². The van der Waals surface area contributed by atoms with E-state index in [1.54, 1.807) is 31.4 Å². The van der Waals surface area contributed by atoms with Crippen LogP contribution in [0.4, 0.5) is 10.5 Å². The van der Waals surface area contributed by atoms with Crippen molar-refractivity contribution in [2.75, 3.05) is 18.6 Å². The lowest BCUT2D eigenvalue weighted by Gasteiger charge is -2.37. The van der Waals surface area contributed by atoms with Gasteiger partial charge in [0.2, 0.25) is 0 Å². The topological polar surface area (TPSA) is 101 Å². The first-order valence-corrected chi connectivity index (χ1v) is 8.49. The Morgan fingerprint density at radius 2 is 1.89 bits per heavy atom. The number of fused-ring (bicyclic) bond motifs is 1. The second-order valence-corrected chi connectivity index (χ2v) is 6.24. The van der Waals surface area contributed by atoms with Crippen LogP contribution in [0.25, 0.3) is 0 Å². The van der Waals surface area contributed by atoms with Crippen molar-refractivity contribution in [1.29, 1.82) is 0 Å². The number of nitrogens with zero attached hydrogens (tertiary/aromatic N) is 1. The summed E-state index contributed by atoms with van der Waals surface area (Å²) in [6, 6.07) is 6.86. The molecule has 2 aliphatic heterocycles. The van der Waals surface area contributed by atoms with E-state index in [1.807, 2.05) is 0 Å². The number of amides is 1. The summed E-state index contributed by atoms with van der Waals surface area (Å²) in [4.78, 5) is 36.3. The summed E-state index contributed by atoms with van der Waals surface area (Å²) in [5, 5.41) is 0. The van der Waals surface area contributed by atoms with Crippen LogP contribution >= 0.6 is 0 Å². The molecule has 1 aromatic rings. The molecule has 27 heavy (non-hydrogen) atoms. The molecule has 146 valence electrons. The number of hydrogen-bond donors (Lipinski definition) is 0. The monoisotopic (exact) mass is 379 g/mol. The van der Waals surface area contributed by atoms with E-state index in [9.17, 15) is 14.4 Å². The predicted octanol–water partition coefficient (Wildman–Crippen LogP) is 1.63. The van der Waals surface area contributed by atoms with Gasteiger partial charge in [-0.1, -0.05) is 0 Å². The predicted molar refractivity (Wildman–Crippen MR) is 91.2 cm³/mol. The van der Waals surface area contributed by atoms with Crippen LogP contribution in [-0.4, -0.2) is 56.3 Å². The fraction of sp³-hybridized carbons (Fsp3) is 0.500. The normalized spacial score (nSPS) is 26.8. The van der Waals surface area contributed by atoms with E-state index in [0.29, 0.717) is 11.4 Å². The fourth-order valence-corrected chi connectivity index (χ4v) is 3.15. The van der Waals surface area contributed by atoms with E-state index < -0.39 is 42.6 Å². The van der Waals surface area contributed by atoms with E-state index in [2.05, 4.69) is 0 Å².